The van der Waals surface area contributed by atoms with Crippen LogP contribution >= 0.6 is 0 Å². The SMILES string of the molecule is O=C1C#CC#CCCCCC1=O. The lowest BCUT2D eigenvalue weighted by atomic mass is 10.1. The van der Waals surface area contributed by atoms with Crippen molar-refractivity contribution in [2.24, 2.45) is 0 Å². The summed E-state index contributed by atoms with van der Waals surface area (Å²) < 4.78 is 0. The molecule has 0 N–H and O–H groups in total. The number of carbonyl (C=O) groups is 2. The summed E-state index contributed by atoms with van der Waals surface area (Å²) in [6.45, 7) is 0. The molecule has 0 atom stereocenters. The predicted octanol–water partition coefficient (Wildman–Crippen LogP) is 0.705. The van der Waals surface area contributed by atoms with Crippen LogP contribution in [-0.4, -0.2) is 11.6 Å². The summed E-state index contributed by atoms with van der Waals surface area (Å²) >= 11 is 0. The van der Waals surface area contributed by atoms with E-state index in [1.807, 2.05) is 0 Å². The van der Waals surface area contributed by atoms with Crippen LogP contribution in [0.1, 0.15) is 25.7 Å². The third kappa shape index (κ3) is 2.60. The molecule has 0 radical (unpaired) electrons. The Morgan fingerprint density at radius 1 is 1.08 bits per heavy atom. The van der Waals surface area contributed by atoms with E-state index in [4.69, 9.17) is 0 Å². The highest BCUT2D eigenvalue weighted by molar-refractivity contribution is 6.44. The van der Waals surface area contributed by atoms with Crippen LogP contribution in [0.4, 0.5) is 0 Å². The average molecular weight is 160 g/mol. The molecule has 0 aromatic heterocycles. The molecule has 60 valence electrons. The Balaban J connectivity index is 2.74. The lowest BCUT2D eigenvalue weighted by molar-refractivity contribution is -0.133. The Hall–Kier alpha value is -1.54. The number of ketones is 2. The molecule has 1 aliphatic rings. The Morgan fingerprint density at radius 2 is 1.92 bits per heavy atom. The van der Waals surface area contributed by atoms with E-state index in [0.29, 0.717) is 6.42 Å². The molecule has 0 aromatic rings. The molecular formula is C10H8O2. The standard InChI is InChI=1S/C10H8O2/c11-9-7-5-3-1-2-4-6-8-10(9)12/h1,3,5,7H2. The summed E-state index contributed by atoms with van der Waals surface area (Å²) in [6.07, 6.45) is 2.68. The maximum absolute atomic E-state index is 10.9. The van der Waals surface area contributed by atoms with Crippen molar-refractivity contribution in [1.29, 1.82) is 0 Å². The Bertz CT molecular complexity index is 317. The lowest BCUT2D eigenvalue weighted by Gasteiger charge is -1.94. The summed E-state index contributed by atoms with van der Waals surface area (Å²) in [6, 6.07) is 0. The number of rotatable bonds is 0. The van der Waals surface area contributed by atoms with Gasteiger partial charge in [-0.15, -0.1) is 0 Å². The number of hydrogen-bond acceptors (Lipinski definition) is 2. The van der Waals surface area contributed by atoms with E-state index in [9.17, 15) is 9.59 Å². The zero-order valence-corrected chi connectivity index (χ0v) is 6.64. The maximum atomic E-state index is 10.9. The van der Waals surface area contributed by atoms with Crippen LogP contribution in [0.2, 0.25) is 0 Å². The van der Waals surface area contributed by atoms with Gasteiger partial charge >= 0.3 is 0 Å². The van der Waals surface area contributed by atoms with Crippen LogP contribution in [0, 0.1) is 23.7 Å². The normalized spacial score (nSPS) is 17.0. The summed E-state index contributed by atoms with van der Waals surface area (Å²) in [7, 11) is 0. The number of Topliss-reactive ketones (excluding diaryl/α,β-unsaturated/α-hetero) is 2. The van der Waals surface area contributed by atoms with Crippen molar-refractivity contribution in [2.75, 3.05) is 0 Å². The van der Waals surface area contributed by atoms with E-state index in [1.165, 1.54) is 0 Å². The second-order valence-electron chi connectivity index (χ2n) is 2.51. The zero-order chi connectivity index (χ0) is 8.81. The van der Waals surface area contributed by atoms with Gasteiger partial charge in [-0.25, -0.2) is 0 Å². The second kappa shape index (κ2) is 4.36. The van der Waals surface area contributed by atoms with Gasteiger partial charge in [0.05, 0.1) is 0 Å². The molecule has 0 aliphatic heterocycles. The molecule has 0 saturated heterocycles. The van der Waals surface area contributed by atoms with Crippen LogP contribution in [-0.2, 0) is 9.59 Å². The van der Waals surface area contributed by atoms with Crippen molar-refractivity contribution in [3.63, 3.8) is 0 Å². The molecule has 0 saturated carbocycles. The fourth-order valence-electron chi connectivity index (χ4n) is 0.877. The van der Waals surface area contributed by atoms with Crippen LogP contribution in [0.15, 0.2) is 0 Å². The van der Waals surface area contributed by atoms with E-state index < -0.39 is 5.78 Å². The molecule has 0 spiro atoms. The summed E-state index contributed by atoms with van der Waals surface area (Å²) in [5.74, 6) is 8.88. The first-order chi connectivity index (χ1) is 5.80. The third-order valence-corrected chi connectivity index (χ3v) is 1.54. The second-order valence-corrected chi connectivity index (χ2v) is 2.51. The molecule has 0 amide bonds. The molecule has 1 aliphatic carbocycles. The smallest absolute Gasteiger partial charge is 0.272 e. The highest BCUT2D eigenvalue weighted by Crippen LogP contribution is 2.00. The van der Waals surface area contributed by atoms with Crippen LogP contribution < -0.4 is 0 Å². The van der Waals surface area contributed by atoms with Crippen molar-refractivity contribution < 1.29 is 9.59 Å². The topological polar surface area (TPSA) is 34.1 Å². The minimum atomic E-state index is -0.605. The van der Waals surface area contributed by atoms with E-state index >= 15 is 0 Å². The lowest BCUT2D eigenvalue weighted by Crippen LogP contribution is -2.11. The zero-order valence-electron chi connectivity index (χ0n) is 6.64. The Kier molecular flexibility index (Phi) is 3.11. The first kappa shape index (κ1) is 8.56. The summed E-state index contributed by atoms with van der Waals surface area (Å²) in [5, 5.41) is 0. The maximum Gasteiger partial charge on any atom is 0.272 e. The van der Waals surface area contributed by atoms with E-state index in [0.717, 1.165) is 19.3 Å². The number of hydrogen-bond donors (Lipinski definition) is 0. The monoisotopic (exact) mass is 160 g/mol. The number of carbonyl (C=O) groups excluding carboxylic acids is 2. The van der Waals surface area contributed by atoms with Gasteiger partial charge in [-0.2, -0.15) is 0 Å². The molecule has 0 aromatic carbocycles. The largest absolute Gasteiger partial charge is 0.290 e. The molecule has 0 unspecified atom stereocenters. The molecular weight excluding hydrogens is 152 g/mol. The van der Waals surface area contributed by atoms with Crippen molar-refractivity contribution in [1.82, 2.24) is 0 Å². The van der Waals surface area contributed by atoms with Gasteiger partial charge in [0.2, 0.25) is 5.78 Å². The highest BCUT2D eigenvalue weighted by Gasteiger charge is 2.09. The molecule has 0 heterocycles. The molecule has 0 fully saturated rings. The third-order valence-electron chi connectivity index (χ3n) is 1.54. The predicted molar refractivity (Wildman–Crippen MR) is 44.0 cm³/mol. The van der Waals surface area contributed by atoms with Gasteiger partial charge in [-0.3, -0.25) is 9.59 Å². The average Bonchev–Trinajstić information content (AvgIpc) is 2.08. The van der Waals surface area contributed by atoms with E-state index in [1.54, 1.807) is 0 Å². The van der Waals surface area contributed by atoms with Crippen LogP contribution in [0.25, 0.3) is 0 Å². The quantitative estimate of drug-likeness (QED) is 0.297. The molecule has 2 heteroatoms. The van der Waals surface area contributed by atoms with Gasteiger partial charge in [0.25, 0.3) is 5.78 Å². The molecule has 2 nitrogen and oxygen atoms in total. The van der Waals surface area contributed by atoms with E-state index in [2.05, 4.69) is 23.7 Å². The molecule has 1 rings (SSSR count). The fourth-order valence-corrected chi connectivity index (χ4v) is 0.877. The molecule has 12 heavy (non-hydrogen) atoms. The van der Waals surface area contributed by atoms with E-state index in [-0.39, 0.29) is 5.78 Å². The van der Waals surface area contributed by atoms with Crippen LogP contribution in [0.5, 0.6) is 0 Å². The summed E-state index contributed by atoms with van der Waals surface area (Å²) in [5.41, 5.74) is 0. The van der Waals surface area contributed by atoms with Crippen LogP contribution in [0.3, 0.4) is 0 Å². The van der Waals surface area contributed by atoms with Gasteiger partial charge in [0.1, 0.15) is 0 Å². The van der Waals surface area contributed by atoms with Gasteiger partial charge in [0.15, 0.2) is 0 Å². The fraction of sp³-hybridized carbons (Fsp3) is 0.400. The highest BCUT2D eigenvalue weighted by atomic mass is 16.2. The van der Waals surface area contributed by atoms with Crippen molar-refractivity contribution in [3.8, 4) is 23.7 Å². The first-order valence-corrected chi connectivity index (χ1v) is 3.87. The van der Waals surface area contributed by atoms with Crippen molar-refractivity contribution >= 4 is 11.6 Å². The van der Waals surface area contributed by atoms with Gasteiger partial charge < -0.3 is 0 Å². The minimum absolute atomic E-state index is 0.315. The van der Waals surface area contributed by atoms with Crippen molar-refractivity contribution in [2.45, 2.75) is 25.7 Å². The summed E-state index contributed by atoms with van der Waals surface area (Å²) in [4.78, 5) is 21.8. The minimum Gasteiger partial charge on any atom is -0.290 e. The van der Waals surface area contributed by atoms with Crippen molar-refractivity contribution in [3.05, 3.63) is 0 Å². The molecule has 0 bridgehead atoms. The van der Waals surface area contributed by atoms with Gasteiger partial charge in [-0.1, -0.05) is 5.92 Å². The van der Waals surface area contributed by atoms with Gasteiger partial charge in [-0.05, 0) is 30.6 Å². The van der Waals surface area contributed by atoms with Gasteiger partial charge in [0, 0.05) is 12.8 Å². The Morgan fingerprint density at radius 3 is 2.75 bits per heavy atom. The first-order valence-electron chi connectivity index (χ1n) is 3.87. The Labute approximate surface area is 71.3 Å².